The van der Waals surface area contributed by atoms with Crippen LogP contribution in [0.2, 0.25) is 5.15 Å². The van der Waals surface area contributed by atoms with E-state index in [1.165, 1.54) is 12.4 Å². The van der Waals surface area contributed by atoms with Crippen LogP contribution in [0.25, 0.3) is 0 Å². The summed E-state index contributed by atoms with van der Waals surface area (Å²) >= 11 is 9.30. The molecule has 0 N–H and O–H groups in total. The molecule has 1 aromatic carbocycles. The van der Waals surface area contributed by atoms with E-state index in [2.05, 4.69) is 25.9 Å². The van der Waals surface area contributed by atoms with Crippen LogP contribution in [0.3, 0.4) is 0 Å². The molecule has 0 saturated carbocycles. The zero-order valence-electron chi connectivity index (χ0n) is 11.2. The van der Waals surface area contributed by atoms with Crippen molar-refractivity contribution in [3.63, 3.8) is 0 Å². The number of nitro benzene ring substituents is 1. The molecule has 0 radical (unpaired) electrons. The van der Waals surface area contributed by atoms with E-state index in [1.807, 2.05) is 13.8 Å². The Labute approximate surface area is 134 Å². The Bertz CT molecular complexity index is 694. The normalized spacial score (nSPS) is 10.7. The fourth-order valence-corrected chi connectivity index (χ4v) is 2.54. The number of rotatable bonds is 4. The second kappa shape index (κ2) is 6.36. The Balaban J connectivity index is 2.54. The summed E-state index contributed by atoms with van der Waals surface area (Å²) in [6.07, 6.45) is 1.26. The molecule has 2 aromatic rings. The lowest BCUT2D eigenvalue weighted by atomic mass is 10.1. The van der Waals surface area contributed by atoms with Crippen molar-refractivity contribution in [2.75, 3.05) is 0 Å². The van der Waals surface area contributed by atoms with Gasteiger partial charge in [0, 0.05) is 6.07 Å². The minimum atomic E-state index is -0.516. The molecule has 0 amide bonds. The summed E-state index contributed by atoms with van der Waals surface area (Å²) in [5.41, 5.74) is 0.443. The molecule has 0 spiro atoms. The molecule has 0 atom stereocenters. The molecule has 0 unspecified atom stereocenters. The minimum Gasteiger partial charge on any atom is -0.430 e. The summed E-state index contributed by atoms with van der Waals surface area (Å²) in [6, 6.07) is 4.57. The van der Waals surface area contributed by atoms with Gasteiger partial charge in [0.2, 0.25) is 11.6 Å². The maximum absolute atomic E-state index is 11.1. The molecule has 0 aliphatic carbocycles. The average molecular weight is 373 g/mol. The van der Waals surface area contributed by atoms with E-state index in [1.54, 1.807) is 12.1 Å². The molecule has 0 fully saturated rings. The first-order valence-corrected chi connectivity index (χ1v) is 7.20. The number of nitrogens with zero attached hydrogens (tertiary/aromatic N) is 3. The number of benzene rings is 1. The Kier molecular flexibility index (Phi) is 4.74. The first-order chi connectivity index (χ1) is 9.91. The smallest absolute Gasteiger partial charge is 0.312 e. The third kappa shape index (κ3) is 3.30. The van der Waals surface area contributed by atoms with E-state index in [0.717, 1.165) is 0 Å². The van der Waals surface area contributed by atoms with Gasteiger partial charge in [0.25, 0.3) is 0 Å². The number of hydrogen-bond donors (Lipinski definition) is 0. The first kappa shape index (κ1) is 15.7. The van der Waals surface area contributed by atoms with E-state index < -0.39 is 4.92 Å². The van der Waals surface area contributed by atoms with Gasteiger partial charge in [0.1, 0.15) is 11.5 Å². The number of hydrogen-bond acceptors (Lipinski definition) is 5. The van der Waals surface area contributed by atoms with Crippen LogP contribution in [-0.4, -0.2) is 14.9 Å². The molecule has 1 heterocycles. The second-order valence-electron chi connectivity index (χ2n) is 4.49. The van der Waals surface area contributed by atoms with E-state index in [-0.39, 0.29) is 28.4 Å². The van der Waals surface area contributed by atoms with Crippen LogP contribution in [0.1, 0.15) is 25.3 Å². The lowest BCUT2D eigenvalue weighted by molar-refractivity contribution is -0.385. The maximum atomic E-state index is 11.1. The summed E-state index contributed by atoms with van der Waals surface area (Å²) in [6.45, 7) is 3.82. The third-order valence-electron chi connectivity index (χ3n) is 2.72. The summed E-state index contributed by atoms with van der Waals surface area (Å²) in [5, 5.41) is 11.4. The molecular weight excluding hydrogens is 362 g/mol. The number of nitro groups is 1. The van der Waals surface area contributed by atoms with Gasteiger partial charge in [0.15, 0.2) is 0 Å². The van der Waals surface area contributed by atoms with Gasteiger partial charge in [-0.3, -0.25) is 10.1 Å². The van der Waals surface area contributed by atoms with Gasteiger partial charge in [-0.25, -0.2) is 9.97 Å². The van der Waals surface area contributed by atoms with E-state index >= 15 is 0 Å². The highest BCUT2D eigenvalue weighted by Crippen LogP contribution is 2.40. The summed E-state index contributed by atoms with van der Waals surface area (Å²) in [5.74, 6) is 0.300. The topological polar surface area (TPSA) is 78.2 Å². The fraction of sp³-hybridized carbons (Fsp3) is 0.231. The van der Waals surface area contributed by atoms with E-state index in [0.29, 0.717) is 10.0 Å². The standard InChI is InChI=1S/C13H11BrClN3O3/c1-7(2)10-12(15)16-6-17-13(10)21-11-8(14)4-3-5-9(11)18(19)20/h3-7H,1-2H3. The second-order valence-corrected chi connectivity index (χ2v) is 5.70. The van der Waals surface area contributed by atoms with Gasteiger partial charge in [-0.1, -0.05) is 31.5 Å². The monoisotopic (exact) mass is 371 g/mol. The van der Waals surface area contributed by atoms with Crippen LogP contribution < -0.4 is 4.74 Å². The minimum absolute atomic E-state index is 0.00949. The molecule has 6 nitrogen and oxygen atoms in total. The Morgan fingerprint density at radius 2 is 2.10 bits per heavy atom. The Hall–Kier alpha value is -1.73. The third-order valence-corrected chi connectivity index (χ3v) is 3.64. The first-order valence-electron chi connectivity index (χ1n) is 6.03. The largest absolute Gasteiger partial charge is 0.430 e. The van der Waals surface area contributed by atoms with Gasteiger partial charge in [-0.05, 0) is 27.9 Å². The zero-order chi connectivity index (χ0) is 15.6. The van der Waals surface area contributed by atoms with Gasteiger partial charge in [-0.2, -0.15) is 0 Å². The highest BCUT2D eigenvalue weighted by molar-refractivity contribution is 9.10. The summed E-state index contributed by atoms with van der Waals surface area (Å²) in [4.78, 5) is 18.5. The predicted octanol–water partition coefficient (Wildman–Crippen LogP) is 4.72. The van der Waals surface area contributed by atoms with Crippen molar-refractivity contribution < 1.29 is 9.66 Å². The summed E-state index contributed by atoms with van der Waals surface area (Å²) in [7, 11) is 0. The van der Waals surface area contributed by atoms with E-state index in [4.69, 9.17) is 16.3 Å². The lowest BCUT2D eigenvalue weighted by Crippen LogP contribution is -2.01. The molecule has 0 aliphatic rings. The molecular formula is C13H11BrClN3O3. The van der Waals surface area contributed by atoms with Crippen molar-refractivity contribution in [1.29, 1.82) is 0 Å². The SMILES string of the molecule is CC(C)c1c(Cl)ncnc1Oc1c(Br)cccc1[N+](=O)[O-]. The Morgan fingerprint density at radius 1 is 1.38 bits per heavy atom. The van der Waals surface area contributed by atoms with Crippen molar-refractivity contribution >= 4 is 33.2 Å². The van der Waals surface area contributed by atoms with Crippen molar-refractivity contribution in [3.05, 3.63) is 49.8 Å². The molecule has 0 aliphatic heterocycles. The molecule has 0 saturated heterocycles. The quantitative estimate of drug-likeness (QED) is 0.441. The predicted molar refractivity (Wildman–Crippen MR) is 82.0 cm³/mol. The molecule has 21 heavy (non-hydrogen) atoms. The van der Waals surface area contributed by atoms with Gasteiger partial charge >= 0.3 is 5.69 Å². The van der Waals surface area contributed by atoms with Crippen molar-refractivity contribution in [2.24, 2.45) is 0 Å². The highest BCUT2D eigenvalue weighted by Gasteiger charge is 2.22. The van der Waals surface area contributed by atoms with Crippen LogP contribution >= 0.6 is 27.5 Å². The molecule has 8 heteroatoms. The lowest BCUT2D eigenvalue weighted by Gasteiger charge is -2.14. The van der Waals surface area contributed by atoms with Crippen molar-refractivity contribution in [3.8, 4) is 11.6 Å². The molecule has 110 valence electrons. The number of aromatic nitrogens is 2. The van der Waals surface area contributed by atoms with Crippen LogP contribution in [0.4, 0.5) is 5.69 Å². The number of ether oxygens (including phenoxy) is 1. The van der Waals surface area contributed by atoms with Gasteiger partial charge < -0.3 is 4.74 Å². The van der Waals surface area contributed by atoms with Crippen molar-refractivity contribution in [1.82, 2.24) is 9.97 Å². The maximum Gasteiger partial charge on any atom is 0.312 e. The van der Waals surface area contributed by atoms with Crippen LogP contribution in [0, 0.1) is 10.1 Å². The van der Waals surface area contributed by atoms with Crippen LogP contribution in [-0.2, 0) is 0 Å². The van der Waals surface area contributed by atoms with Crippen molar-refractivity contribution in [2.45, 2.75) is 19.8 Å². The van der Waals surface area contributed by atoms with Crippen LogP contribution in [0.5, 0.6) is 11.6 Å². The molecule has 2 rings (SSSR count). The molecule has 1 aromatic heterocycles. The van der Waals surface area contributed by atoms with Crippen LogP contribution in [0.15, 0.2) is 29.0 Å². The number of para-hydroxylation sites is 1. The average Bonchev–Trinajstić information content (AvgIpc) is 2.40. The Morgan fingerprint density at radius 3 is 2.71 bits per heavy atom. The fourth-order valence-electron chi connectivity index (χ4n) is 1.76. The van der Waals surface area contributed by atoms with E-state index in [9.17, 15) is 10.1 Å². The molecule has 0 bridgehead atoms. The zero-order valence-corrected chi connectivity index (χ0v) is 13.6. The summed E-state index contributed by atoms with van der Waals surface area (Å²) < 4.78 is 6.11. The number of halogens is 2. The van der Waals surface area contributed by atoms with Gasteiger partial charge in [0.05, 0.1) is 15.0 Å². The highest BCUT2D eigenvalue weighted by atomic mass is 79.9. The van der Waals surface area contributed by atoms with Gasteiger partial charge in [-0.15, -0.1) is 0 Å².